The van der Waals surface area contributed by atoms with Crippen molar-refractivity contribution in [3.63, 3.8) is 0 Å². The van der Waals surface area contributed by atoms with Gasteiger partial charge in [0, 0.05) is 11.4 Å². The number of aliphatic hydroxyl groups is 1. The Morgan fingerprint density at radius 1 is 1.08 bits per heavy atom. The number of amides is 3. The molecule has 0 aliphatic carbocycles. The van der Waals surface area contributed by atoms with E-state index in [1.807, 2.05) is 76.2 Å². The Hall–Kier alpha value is -3.23. The van der Waals surface area contributed by atoms with Crippen LogP contribution < -0.4 is 10.6 Å². The summed E-state index contributed by atoms with van der Waals surface area (Å²) in [7, 11) is 0. The normalized spacial score (nSPS) is 30.3. The highest BCUT2D eigenvalue weighted by molar-refractivity contribution is 6.05. The lowest BCUT2D eigenvalue weighted by Gasteiger charge is -2.37. The number of carbonyl (C=O) groups excluding carboxylic acids is 3. The molecule has 3 N–H and O–H groups in total. The number of para-hydroxylation sites is 1. The number of nitrogens with one attached hydrogen (secondary N) is 2. The molecule has 202 valence electrons. The molecule has 3 aliphatic rings. The molecule has 2 aromatic rings. The van der Waals surface area contributed by atoms with Crippen LogP contribution in [0.3, 0.4) is 0 Å². The highest BCUT2D eigenvalue weighted by Crippen LogP contribution is 2.64. The van der Waals surface area contributed by atoms with Crippen molar-refractivity contribution in [1.29, 1.82) is 0 Å². The third kappa shape index (κ3) is 3.93. The lowest BCUT2D eigenvalue weighted by atomic mass is 9.65. The summed E-state index contributed by atoms with van der Waals surface area (Å²) in [4.78, 5) is 43.6. The van der Waals surface area contributed by atoms with Gasteiger partial charge in [0.15, 0.2) is 0 Å². The number of hydrogen-bond acceptors (Lipinski definition) is 5. The molecule has 0 aromatic heterocycles. The van der Waals surface area contributed by atoms with Crippen LogP contribution in [0.15, 0.2) is 48.5 Å². The third-order valence-electron chi connectivity index (χ3n) is 8.92. The van der Waals surface area contributed by atoms with E-state index in [4.69, 9.17) is 4.74 Å². The van der Waals surface area contributed by atoms with E-state index >= 15 is 0 Å². The number of anilines is 2. The van der Waals surface area contributed by atoms with Gasteiger partial charge >= 0.3 is 0 Å². The van der Waals surface area contributed by atoms with Crippen LogP contribution in [0.25, 0.3) is 0 Å². The molecular formula is C30H37N3O5. The molecule has 2 unspecified atom stereocenters. The summed E-state index contributed by atoms with van der Waals surface area (Å²) in [5.74, 6) is -2.47. The first-order valence-electron chi connectivity index (χ1n) is 13.6. The van der Waals surface area contributed by atoms with E-state index in [0.29, 0.717) is 37.1 Å². The summed E-state index contributed by atoms with van der Waals surface area (Å²) in [6, 6.07) is 13.5. The van der Waals surface area contributed by atoms with Crippen molar-refractivity contribution in [2.24, 2.45) is 11.8 Å². The summed E-state index contributed by atoms with van der Waals surface area (Å²) < 4.78 is 6.79. The van der Waals surface area contributed by atoms with Crippen LogP contribution >= 0.6 is 0 Å². The lowest BCUT2D eigenvalue weighted by Crippen LogP contribution is -2.56. The molecule has 2 bridgehead atoms. The Labute approximate surface area is 223 Å². The summed E-state index contributed by atoms with van der Waals surface area (Å²) in [5.41, 5.74) is 1.26. The molecule has 0 radical (unpaired) electrons. The Morgan fingerprint density at radius 2 is 1.82 bits per heavy atom. The topological polar surface area (TPSA) is 108 Å². The number of rotatable bonds is 8. The summed E-state index contributed by atoms with van der Waals surface area (Å²) >= 11 is 0. The number of aryl methyl sites for hydroxylation is 2. The van der Waals surface area contributed by atoms with Crippen LogP contribution in [0.2, 0.25) is 0 Å². The zero-order valence-corrected chi connectivity index (χ0v) is 22.5. The van der Waals surface area contributed by atoms with Gasteiger partial charge in [0.1, 0.15) is 11.6 Å². The Kier molecular flexibility index (Phi) is 6.82. The van der Waals surface area contributed by atoms with Gasteiger partial charge in [-0.3, -0.25) is 14.4 Å². The van der Waals surface area contributed by atoms with Gasteiger partial charge < -0.3 is 25.4 Å². The summed E-state index contributed by atoms with van der Waals surface area (Å²) in [6.07, 6.45) is 2.10. The zero-order valence-electron chi connectivity index (χ0n) is 22.5. The first-order valence-corrected chi connectivity index (χ1v) is 13.6. The molecule has 3 saturated heterocycles. The van der Waals surface area contributed by atoms with Crippen molar-refractivity contribution in [1.82, 2.24) is 4.90 Å². The van der Waals surface area contributed by atoms with E-state index in [1.165, 1.54) is 4.90 Å². The van der Waals surface area contributed by atoms with E-state index in [-0.39, 0.29) is 24.3 Å². The van der Waals surface area contributed by atoms with E-state index in [0.717, 1.165) is 11.1 Å². The largest absolute Gasteiger partial charge is 0.394 e. The third-order valence-corrected chi connectivity index (χ3v) is 8.92. The minimum atomic E-state index is -1.14. The number of fused-ring (bicyclic) bond motifs is 1. The Bertz CT molecular complexity index is 1250. The van der Waals surface area contributed by atoms with Crippen molar-refractivity contribution < 1.29 is 24.2 Å². The molecule has 3 fully saturated rings. The van der Waals surface area contributed by atoms with Gasteiger partial charge in [0.05, 0.1) is 30.1 Å². The van der Waals surface area contributed by atoms with Crippen LogP contribution in [0.4, 0.5) is 11.4 Å². The van der Waals surface area contributed by atoms with Gasteiger partial charge in [0.2, 0.25) is 17.7 Å². The second kappa shape index (κ2) is 9.82. The summed E-state index contributed by atoms with van der Waals surface area (Å²) in [6.45, 7) is 7.45. The fraction of sp³-hybridized carbons (Fsp3) is 0.500. The van der Waals surface area contributed by atoms with Gasteiger partial charge in [0.25, 0.3) is 0 Å². The minimum Gasteiger partial charge on any atom is -0.394 e. The summed E-state index contributed by atoms with van der Waals surface area (Å²) in [5, 5.41) is 16.3. The van der Waals surface area contributed by atoms with Gasteiger partial charge in [-0.15, -0.1) is 0 Å². The first kappa shape index (κ1) is 26.4. The molecule has 8 heteroatoms. The molecule has 38 heavy (non-hydrogen) atoms. The molecule has 3 heterocycles. The number of aliphatic hydroxyl groups excluding tert-OH is 1. The number of carbonyl (C=O) groups is 3. The highest BCUT2D eigenvalue weighted by atomic mass is 16.5. The predicted octanol–water partition coefficient (Wildman–Crippen LogP) is 3.81. The molecule has 0 saturated carbocycles. The molecule has 2 aromatic carbocycles. The van der Waals surface area contributed by atoms with Crippen molar-refractivity contribution >= 4 is 29.1 Å². The Morgan fingerprint density at radius 3 is 2.47 bits per heavy atom. The number of hydrogen-bond donors (Lipinski definition) is 3. The monoisotopic (exact) mass is 519 g/mol. The molecular weight excluding hydrogens is 482 g/mol. The van der Waals surface area contributed by atoms with Crippen LogP contribution in [0.5, 0.6) is 0 Å². The molecule has 3 aliphatic heterocycles. The standard InChI is InChI=1S/C30H37N3O5/c1-5-21(17-34)33-25(27(36)32-22-16-18(3)12-13-19(22)4)30-15-14-29(6-2,38-30)23(24(30)28(33)37)26(35)31-20-10-8-7-9-11-20/h7-13,16,21,23-25,34H,5-6,14-15,17H2,1-4H3,(H,31,35)(H,32,36)/t21-,23-,24-,25?,29+,30?/m0/s1. The maximum Gasteiger partial charge on any atom is 0.250 e. The van der Waals surface area contributed by atoms with Crippen LogP contribution in [-0.2, 0) is 19.1 Å². The molecule has 1 spiro atoms. The minimum absolute atomic E-state index is 0.273. The van der Waals surface area contributed by atoms with Gasteiger partial charge in [-0.1, -0.05) is 44.2 Å². The van der Waals surface area contributed by atoms with Crippen LogP contribution in [0, 0.1) is 25.7 Å². The molecule has 8 nitrogen and oxygen atoms in total. The molecule has 3 amide bonds. The Balaban J connectivity index is 1.57. The van der Waals surface area contributed by atoms with Crippen molar-refractivity contribution in [2.45, 2.75) is 76.7 Å². The quantitative estimate of drug-likeness (QED) is 0.492. The SMILES string of the molecule is CC[C@@H](CO)N1C(=O)[C@@H]2[C@@H](C(=O)Nc3ccccc3)[C@@]3(CC)CCC2(O3)C1C(=O)Nc1cc(C)ccc1C. The van der Waals surface area contributed by atoms with Crippen LogP contribution in [-0.4, -0.2) is 57.6 Å². The average molecular weight is 520 g/mol. The first-order chi connectivity index (χ1) is 18.2. The second-order valence-electron chi connectivity index (χ2n) is 11.0. The number of benzene rings is 2. The van der Waals surface area contributed by atoms with Crippen molar-refractivity contribution in [2.75, 3.05) is 17.2 Å². The number of ether oxygens (including phenoxy) is 1. The van der Waals surface area contributed by atoms with Crippen LogP contribution in [0.1, 0.15) is 50.7 Å². The highest BCUT2D eigenvalue weighted by Gasteiger charge is 2.79. The van der Waals surface area contributed by atoms with E-state index in [2.05, 4.69) is 10.6 Å². The smallest absolute Gasteiger partial charge is 0.250 e. The predicted molar refractivity (Wildman–Crippen MR) is 144 cm³/mol. The lowest BCUT2D eigenvalue weighted by molar-refractivity contribution is -0.148. The molecule has 5 rings (SSSR count). The van der Waals surface area contributed by atoms with Crippen molar-refractivity contribution in [3.05, 3.63) is 59.7 Å². The van der Waals surface area contributed by atoms with Crippen molar-refractivity contribution in [3.8, 4) is 0 Å². The number of likely N-dealkylation sites (tertiary alicyclic amines) is 1. The zero-order chi connectivity index (χ0) is 27.2. The fourth-order valence-corrected chi connectivity index (χ4v) is 6.97. The van der Waals surface area contributed by atoms with Gasteiger partial charge in [-0.2, -0.15) is 0 Å². The number of nitrogens with zero attached hydrogens (tertiary/aromatic N) is 1. The second-order valence-corrected chi connectivity index (χ2v) is 11.0. The maximum atomic E-state index is 14.2. The fourth-order valence-electron chi connectivity index (χ4n) is 6.97. The van der Waals surface area contributed by atoms with Gasteiger partial charge in [-0.25, -0.2) is 0 Å². The molecule has 6 atom stereocenters. The maximum absolute atomic E-state index is 14.2. The van der Waals surface area contributed by atoms with E-state index in [1.54, 1.807) is 0 Å². The van der Waals surface area contributed by atoms with E-state index in [9.17, 15) is 19.5 Å². The van der Waals surface area contributed by atoms with Gasteiger partial charge in [-0.05, 0) is 68.9 Å². The van der Waals surface area contributed by atoms with E-state index < -0.39 is 35.1 Å². The average Bonchev–Trinajstić information content (AvgIpc) is 3.51.